The molecule has 0 spiro atoms. The number of nitrogens with one attached hydrogen (secondary N) is 1. The molecule has 0 aliphatic carbocycles. The van der Waals surface area contributed by atoms with Gasteiger partial charge in [-0.1, -0.05) is 0 Å². The maximum Gasteiger partial charge on any atom is 0.300 e. The Bertz CT molecular complexity index is 661. The third kappa shape index (κ3) is 3.12. The van der Waals surface area contributed by atoms with Gasteiger partial charge in [0.25, 0.3) is 5.56 Å². The van der Waals surface area contributed by atoms with Crippen LogP contribution in [0, 0.1) is 0 Å². The topological polar surface area (TPSA) is 163 Å². The average molecular weight is 345 g/mol. The average Bonchev–Trinajstić information content (AvgIpc) is 2.58. The second-order valence-electron chi connectivity index (χ2n) is 5.24. The Hall–Kier alpha value is -2.05. The molecule has 0 radical (unpaired) electrons. The first-order chi connectivity index (χ1) is 11.3. The third-order valence-electron chi connectivity index (χ3n) is 3.76. The summed E-state index contributed by atoms with van der Waals surface area (Å²) >= 11 is 0. The standard InChI is InChI=1S/C13H19N3O8/c1-16-12(22)5(3-17)10(15-13(16)23-2)14-11-9(21)8(20)7(19)6(4-18)24-11/h3,6-9,11,14,18-21H,4H2,1-2H3/t6-,7-,8+,9-,11-/m1/s1. The van der Waals surface area contributed by atoms with E-state index in [1.54, 1.807) is 0 Å². The van der Waals surface area contributed by atoms with E-state index in [1.165, 1.54) is 14.2 Å². The molecular formula is C13H19N3O8. The summed E-state index contributed by atoms with van der Waals surface area (Å²) < 4.78 is 11.2. The number of carbonyl (C=O) groups is 1. The number of aromatic nitrogens is 2. The third-order valence-corrected chi connectivity index (χ3v) is 3.76. The number of aldehydes is 1. The van der Waals surface area contributed by atoms with Crippen molar-refractivity contribution >= 4 is 12.1 Å². The zero-order chi connectivity index (χ0) is 18.0. The summed E-state index contributed by atoms with van der Waals surface area (Å²) in [6.45, 7) is -0.614. The molecule has 1 aromatic rings. The van der Waals surface area contributed by atoms with Crippen molar-refractivity contribution in [2.75, 3.05) is 19.0 Å². The SMILES string of the molecule is COc1nc(N[C@@H]2O[C@H](CO)[C@@H](O)[C@H](O)[C@H]2O)c(C=O)c(=O)n1C. The minimum absolute atomic E-state index is 0.0994. The molecule has 2 heterocycles. The minimum atomic E-state index is -1.61. The summed E-state index contributed by atoms with van der Waals surface area (Å²) in [7, 11) is 2.64. The molecule has 1 aliphatic rings. The minimum Gasteiger partial charge on any atom is -0.468 e. The van der Waals surface area contributed by atoms with Gasteiger partial charge < -0.3 is 35.2 Å². The molecule has 2 rings (SSSR count). The summed E-state index contributed by atoms with van der Waals surface area (Å²) in [4.78, 5) is 27.2. The predicted molar refractivity (Wildman–Crippen MR) is 78.8 cm³/mol. The summed E-state index contributed by atoms with van der Waals surface area (Å²) in [6, 6.07) is -0.0994. The molecule has 11 heteroatoms. The number of nitrogens with zero attached hydrogens (tertiary/aromatic N) is 2. The molecule has 24 heavy (non-hydrogen) atoms. The van der Waals surface area contributed by atoms with E-state index in [9.17, 15) is 24.9 Å². The van der Waals surface area contributed by atoms with Crippen molar-refractivity contribution in [3.63, 3.8) is 0 Å². The van der Waals surface area contributed by atoms with Crippen LogP contribution in [-0.2, 0) is 11.8 Å². The van der Waals surface area contributed by atoms with Gasteiger partial charge >= 0.3 is 6.01 Å². The van der Waals surface area contributed by atoms with Crippen LogP contribution in [0.15, 0.2) is 4.79 Å². The van der Waals surface area contributed by atoms with Crippen molar-refractivity contribution in [2.24, 2.45) is 7.05 Å². The molecule has 1 fully saturated rings. The Balaban J connectivity index is 2.38. The van der Waals surface area contributed by atoms with Crippen LogP contribution < -0.4 is 15.6 Å². The number of rotatable bonds is 5. The quantitative estimate of drug-likeness (QED) is 0.344. The number of ether oxygens (including phenoxy) is 2. The van der Waals surface area contributed by atoms with Crippen LogP contribution in [-0.4, -0.2) is 80.6 Å². The van der Waals surface area contributed by atoms with Crippen LogP contribution in [0.2, 0.25) is 0 Å². The van der Waals surface area contributed by atoms with Gasteiger partial charge in [-0.25, -0.2) is 0 Å². The van der Waals surface area contributed by atoms with Gasteiger partial charge in [0.2, 0.25) is 0 Å². The lowest BCUT2D eigenvalue weighted by Crippen LogP contribution is -2.60. The van der Waals surface area contributed by atoms with E-state index in [0.717, 1.165) is 4.57 Å². The number of aliphatic hydroxyl groups is 4. The summed E-state index contributed by atoms with van der Waals surface area (Å²) in [5.41, 5.74) is -1.03. The molecule has 1 saturated heterocycles. The molecule has 5 atom stereocenters. The Labute approximate surface area is 136 Å². The largest absolute Gasteiger partial charge is 0.468 e. The number of carbonyl (C=O) groups excluding carboxylic acids is 1. The monoisotopic (exact) mass is 345 g/mol. The van der Waals surface area contributed by atoms with E-state index < -0.39 is 42.8 Å². The molecule has 0 bridgehead atoms. The van der Waals surface area contributed by atoms with Crippen molar-refractivity contribution in [2.45, 2.75) is 30.6 Å². The lowest BCUT2D eigenvalue weighted by molar-refractivity contribution is -0.221. The number of anilines is 1. The van der Waals surface area contributed by atoms with Crippen molar-refractivity contribution in [1.29, 1.82) is 0 Å². The molecular weight excluding hydrogens is 326 g/mol. The van der Waals surface area contributed by atoms with E-state index in [4.69, 9.17) is 14.6 Å². The van der Waals surface area contributed by atoms with E-state index >= 15 is 0 Å². The fraction of sp³-hybridized carbons (Fsp3) is 0.615. The first kappa shape index (κ1) is 18.3. The van der Waals surface area contributed by atoms with Gasteiger partial charge in [-0.05, 0) is 0 Å². The highest BCUT2D eigenvalue weighted by molar-refractivity contribution is 5.82. The summed E-state index contributed by atoms with van der Waals surface area (Å²) in [6.07, 6.45) is -6.93. The fourth-order valence-corrected chi connectivity index (χ4v) is 2.35. The summed E-state index contributed by atoms with van der Waals surface area (Å²) in [5, 5.41) is 41.2. The van der Waals surface area contributed by atoms with Crippen LogP contribution in [0.1, 0.15) is 10.4 Å². The molecule has 0 unspecified atom stereocenters. The first-order valence-electron chi connectivity index (χ1n) is 7.03. The highest BCUT2D eigenvalue weighted by atomic mass is 16.6. The van der Waals surface area contributed by atoms with Crippen LogP contribution in [0.4, 0.5) is 5.82 Å². The van der Waals surface area contributed by atoms with Crippen LogP contribution in [0.25, 0.3) is 0 Å². The van der Waals surface area contributed by atoms with Gasteiger partial charge in [0, 0.05) is 7.05 Å². The van der Waals surface area contributed by atoms with E-state index in [0.29, 0.717) is 0 Å². The van der Waals surface area contributed by atoms with E-state index in [2.05, 4.69) is 10.3 Å². The number of methoxy groups -OCH3 is 1. The number of hydrogen-bond donors (Lipinski definition) is 5. The second-order valence-corrected chi connectivity index (χ2v) is 5.24. The molecule has 11 nitrogen and oxygen atoms in total. The normalized spacial score (nSPS) is 30.0. The molecule has 1 aromatic heterocycles. The van der Waals surface area contributed by atoms with Crippen LogP contribution in [0.3, 0.4) is 0 Å². The lowest BCUT2D eigenvalue weighted by atomic mass is 9.98. The van der Waals surface area contributed by atoms with Crippen molar-refractivity contribution in [1.82, 2.24) is 9.55 Å². The molecule has 1 aliphatic heterocycles. The Morgan fingerprint density at radius 2 is 2.00 bits per heavy atom. The van der Waals surface area contributed by atoms with Gasteiger partial charge in [0.05, 0.1) is 13.7 Å². The van der Waals surface area contributed by atoms with Gasteiger partial charge in [-0.3, -0.25) is 14.2 Å². The Morgan fingerprint density at radius 3 is 2.54 bits per heavy atom. The Kier molecular flexibility index (Phi) is 5.51. The van der Waals surface area contributed by atoms with E-state index in [1.807, 2.05) is 0 Å². The van der Waals surface area contributed by atoms with Gasteiger partial charge in [-0.15, -0.1) is 0 Å². The van der Waals surface area contributed by atoms with Crippen molar-refractivity contribution in [3.05, 3.63) is 15.9 Å². The number of hydrogen-bond acceptors (Lipinski definition) is 10. The van der Waals surface area contributed by atoms with E-state index in [-0.39, 0.29) is 23.7 Å². The molecule has 134 valence electrons. The zero-order valence-electron chi connectivity index (χ0n) is 13.0. The molecule has 0 amide bonds. The van der Waals surface area contributed by atoms with Crippen molar-refractivity contribution in [3.8, 4) is 6.01 Å². The predicted octanol–water partition coefficient (Wildman–Crippen LogP) is -3.19. The van der Waals surface area contributed by atoms with Crippen molar-refractivity contribution < 1.29 is 34.7 Å². The fourth-order valence-electron chi connectivity index (χ4n) is 2.35. The first-order valence-corrected chi connectivity index (χ1v) is 7.03. The molecule has 0 saturated carbocycles. The highest BCUT2D eigenvalue weighted by Gasteiger charge is 2.43. The molecule has 5 N–H and O–H groups in total. The Morgan fingerprint density at radius 1 is 1.33 bits per heavy atom. The number of aliphatic hydroxyl groups excluding tert-OH is 4. The molecule has 0 aromatic carbocycles. The highest BCUT2D eigenvalue weighted by Crippen LogP contribution is 2.23. The lowest BCUT2D eigenvalue weighted by Gasteiger charge is -2.40. The zero-order valence-corrected chi connectivity index (χ0v) is 13.0. The maximum absolute atomic E-state index is 12.1. The van der Waals surface area contributed by atoms with Crippen LogP contribution in [0.5, 0.6) is 6.01 Å². The van der Waals surface area contributed by atoms with Gasteiger partial charge in [-0.2, -0.15) is 4.98 Å². The second kappa shape index (κ2) is 7.23. The van der Waals surface area contributed by atoms with Gasteiger partial charge in [0.15, 0.2) is 12.5 Å². The van der Waals surface area contributed by atoms with Gasteiger partial charge in [0.1, 0.15) is 35.8 Å². The smallest absolute Gasteiger partial charge is 0.300 e. The summed E-state index contributed by atoms with van der Waals surface area (Å²) in [5.74, 6) is -0.228. The van der Waals surface area contributed by atoms with Crippen LogP contribution >= 0.6 is 0 Å². The maximum atomic E-state index is 12.1.